The van der Waals surface area contributed by atoms with Gasteiger partial charge in [-0.1, -0.05) is 31.5 Å². The first-order chi connectivity index (χ1) is 8.54. The lowest BCUT2D eigenvalue weighted by atomic mass is 9.90. The van der Waals surface area contributed by atoms with Gasteiger partial charge in [-0.05, 0) is 30.2 Å². The fourth-order valence-corrected chi connectivity index (χ4v) is 2.11. The van der Waals surface area contributed by atoms with E-state index in [-0.39, 0.29) is 5.41 Å². The van der Waals surface area contributed by atoms with E-state index in [0.29, 0.717) is 24.1 Å². The monoisotopic (exact) mass is 269 g/mol. The van der Waals surface area contributed by atoms with Crippen molar-refractivity contribution >= 4 is 11.6 Å². The van der Waals surface area contributed by atoms with Crippen molar-refractivity contribution in [3.8, 4) is 5.75 Å². The van der Waals surface area contributed by atoms with Crippen LogP contribution < -0.4 is 10.5 Å². The summed E-state index contributed by atoms with van der Waals surface area (Å²) in [6.45, 7) is 7.00. The van der Waals surface area contributed by atoms with Crippen molar-refractivity contribution in [3.05, 3.63) is 28.8 Å². The minimum Gasteiger partial charge on any atom is -0.491 e. The highest BCUT2D eigenvalue weighted by atomic mass is 35.5. The minimum absolute atomic E-state index is 0.131. The Morgan fingerprint density at radius 2 is 2.22 bits per heavy atom. The van der Waals surface area contributed by atoms with Crippen molar-refractivity contribution in [2.45, 2.75) is 19.8 Å². The van der Waals surface area contributed by atoms with Gasteiger partial charge in [0.15, 0.2) is 0 Å². The number of rotatable bonds is 5. The van der Waals surface area contributed by atoms with Gasteiger partial charge in [0.05, 0.1) is 24.8 Å². The number of nitrogens with two attached hydrogens (primary N) is 1. The molecule has 1 heterocycles. The molecule has 1 aromatic carbocycles. The summed E-state index contributed by atoms with van der Waals surface area (Å²) in [6.07, 6.45) is 0. The van der Waals surface area contributed by atoms with Gasteiger partial charge in [-0.2, -0.15) is 0 Å². The maximum absolute atomic E-state index is 6.22. The summed E-state index contributed by atoms with van der Waals surface area (Å²) in [6, 6.07) is 5.89. The highest BCUT2D eigenvalue weighted by Crippen LogP contribution is 2.32. The topological polar surface area (TPSA) is 44.5 Å². The van der Waals surface area contributed by atoms with Crippen molar-refractivity contribution in [1.29, 1.82) is 0 Å². The zero-order valence-electron chi connectivity index (χ0n) is 10.9. The molecule has 0 saturated carbocycles. The van der Waals surface area contributed by atoms with Crippen molar-refractivity contribution in [1.82, 2.24) is 0 Å². The van der Waals surface area contributed by atoms with Crippen LogP contribution in [0, 0.1) is 5.41 Å². The molecule has 2 N–H and O–H groups in total. The number of ether oxygens (including phenoxy) is 2. The predicted octanol–water partition coefficient (Wildman–Crippen LogP) is 2.82. The molecule has 0 spiro atoms. The lowest BCUT2D eigenvalue weighted by molar-refractivity contribution is -0.120. The van der Waals surface area contributed by atoms with Gasteiger partial charge in [-0.25, -0.2) is 0 Å². The number of halogens is 1. The third-order valence-corrected chi connectivity index (χ3v) is 3.65. The van der Waals surface area contributed by atoms with Gasteiger partial charge in [0.2, 0.25) is 0 Å². The lowest BCUT2D eigenvalue weighted by Crippen LogP contribution is -2.44. The van der Waals surface area contributed by atoms with Crippen LogP contribution in [0.3, 0.4) is 0 Å². The molecule has 1 aromatic rings. The normalized spacial score (nSPS) is 19.1. The van der Waals surface area contributed by atoms with E-state index in [0.717, 1.165) is 24.5 Å². The maximum atomic E-state index is 6.22. The Balaban J connectivity index is 2.01. The van der Waals surface area contributed by atoms with E-state index in [9.17, 15) is 0 Å². The quantitative estimate of drug-likeness (QED) is 0.894. The molecular formula is C14H20ClNO2. The second kappa shape index (κ2) is 5.47. The first-order valence-corrected chi connectivity index (χ1v) is 6.62. The van der Waals surface area contributed by atoms with Gasteiger partial charge >= 0.3 is 0 Å². The van der Waals surface area contributed by atoms with Crippen LogP contribution in [-0.4, -0.2) is 26.4 Å². The zero-order valence-corrected chi connectivity index (χ0v) is 11.7. The average Bonchev–Trinajstić information content (AvgIpc) is 2.34. The van der Waals surface area contributed by atoms with E-state index < -0.39 is 0 Å². The highest BCUT2D eigenvalue weighted by Gasteiger charge is 2.34. The number of hydrogen-bond acceptors (Lipinski definition) is 3. The highest BCUT2D eigenvalue weighted by molar-refractivity contribution is 6.32. The third-order valence-electron chi connectivity index (χ3n) is 3.36. The summed E-state index contributed by atoms with van der Waals surface area (Å²) in [7, 11) is 0. The number of benzene rings is 1. The molecule has 1 unspecified atom stereocenters. The van der Waals surface area contributed by atoms with Crippen LogP contribution in [0.1, 0.15) is 25.3 Å². The Kier molecular flexibility index (Phi) is 4.15. The molecule has 0 bridgehead atoms. The minimum atomic E-state index is 0.131. The largest absolute Gasteiger partial charge is 0.491 e. The Bertz CT molecular complexity index is 418. The maximum Gasteiger partial charge on any atom is 0.137 e. The fraction of sp³-hybridized carbons (Fsp3) is 0.571. The summed E-state index contributed by atoms with van der Waals surface area (Å²) < 4.78 is 11.0. The molecule has 1 fully saturated rings. The standard InChI is InChI=1S/C14H20ClNO2/c1-10(6-16)11-3-4-13(12(15)5-11)18-9-14(2)7-17-8-14/h3-5,10H,6-9,16H2,1-2H3. The Morgan fingerprint density at radius 3 is 2.72 bits per heavy atom. The Morgan fingerprint density at radius 1 is 1.50 bits per heavy atom. The predicted molar refractivity (Wildman–Crippen MR) is 73.3 cm³/mol. The SMILES string of the molecule is CC(CN)c1ccc(OCC2(C)COC2)c(Cl)c1. The molecule has 1 aliphatic rings. The summed E-state index contributed by atoms with van der Waals surface area (Å²) in [5.74, 6) is 1.05. The lowest BCUT2D eigenvalue weighted by Gasteiger charge is -2.37. The van der Waals surface area contributed by atoms with Crippen LogP contribution >= 0.6 is 11.6 Å². The zero-order chi connectivity index (χ0) is 13.2. The van der Waals surface area contributed by atoms with Gasteiger partial charge in [-0.15, -0.1) is 0 Å². The van der Waals surface area contributed by atoms with Crippen LogP contribution in [0.4, 0.5) is 0 Å². The van der Waals surface area contributed by atoms with E-state index in [1.807, 2.05) is 18.2 Å². The molecule has 0 aromatic heterocycles. The number of hydrogen-bond donors (Lipinski definition) is 1. The van der Waals surface area contributed by atoms with Crippen molar-refractivity contribution in [3.63, 3.8) is 0 Å². The molecule has 2 rings (SSSR count). The van der Waals surface area contributed by atoms with Gasteiger partial charge in [0.1, 0.15) is 5.75 Å². The van der Waals surface area contributed by atoms with Crippen molar-refractivity contribution < 1.29 is 9.47 Å². The van der Waals surface area contributed by atoms with Crippen LogP contribution in [0.2, 0.25) is 5.02 Å². The fourth-order valence-electron chi connectivity index (χ4n) is 1.86. The molecule has 1 aliphatic heterocycles. The van der Waals surface area contributed by atoms with Gasteiger partial charge in [0, 0.05) is 5.41 Å². The molecule has 1 saturated heterocycles. The summed E-state index contributed by atoms with van der Waals surface area (Å²) >= 11 is 6.22. The first kappa shape index (κ1) is 13.7. The van der Waals surface area contributed by atoms with Gasteiger partial charge in [-0.3, -0.25) is 0 Å². The van der Waals surface area contributed by atoms with E-state index >= 15 is 0 Å². The molecule has 0 radical (unpaired) electrons. The van der Waals surface area contributed by atoms with Crippen LogP contribution in [-0.2, 0) is 4.74 Å². The Hall–Kier alpha value is -0.770. The average molecular weight is 270 g/mol. The molecule has 1 atom stereocenters. The Labute approximate surface area is 113 Å². The van der Waals surface area contributed by atoms with E-state index in [2.05, 4.69) is 13.8 Å². The second-order valence-corrected chi connectivity index (χ2v) is 5.83. The second-order valence-electron chi connectivity index (χ2n) is 5.42. The molecule has 100 valence electrons. The van der Waals surface area contributed by atoms with Crippen molar-refractivity contribution in [2.75, 3.05) is 26.4 Å². The molecule has 0 aliphatic carbocycles. The smallest absolute Gasteiger partial charge is 0.137 e. The van der Waals surface area contributed by atoms with E-state index in [1.54, 1.807) is 0 Å². The van der Waals surface area contributed by atoms with Crippen LogP contribution in [0.15, 0.2) is 18.2 Å². The summed E-state index contributed by atoms with van der Waals surface area (Å²) in [4.78, 5) is 0. The summed E-state index contributed by atoms with van der Waals surface area (Å²) in [5.41, 5.74) is 6.92. The molecule has 18 heavy (non-hydrogen) atoms. The molecule has 0 amide bonds. The van der Waals surface area contributed by atoms with E-state index in [4.69, 9.17) is 26.8 Å². The third kappa shape index (κ3) is 2.97. The summed E-state index contributed by atoms with van der Waals surface area (Å²) in [5, 5.41) is 0.650. The first-order valence-electron chi connectivity index (χ1n) is 6.24. The van der Waals surface area contributed by atoms with Gasteiger partial charge in [0.25, 0.3) is 0 Å². The van der Waals surface area contributed by atoms with Crippen molar-refractivity contribution in [2.24, 2.45) is 11.1 Å². The van der Waals surface area contributed by atoms with E-state index in [1.165, 1.54) is 0 Å². The van der Waals surface area contributed by atoms with Gasteiger partial charge < -0.3 is 15.2 Å². The molecule has 4 heteroatoms. The molecular weight excluding hydrogens is 250 g/mol. The van der Waals surface area contributed by atoms with Crippen LogP contribution in [0.25, 0.3) is 0 Å². The molecule has 3 nitrogen and oxygen atoms in total. The van der Waals surface area contributed by atoms with Crippen LogP contribution in [0.5, 0.6) is 5.75 Å².